The van der Waals surface area contributed by atoms with Gasteiger partial charge in [0.1, 0.15) is 0 Å². The Balaban J connectivity index is 0.00000196. The molecule has 4 nitrogen and oxygen atoms in total. The van der Waals surface area contributed by atoms with Gasteiger partial charge in [0.2, 0.25) is 0 Å². The van der Waals surface area contributed by atoms with Crippen LogP contribution in [0.4, 0.5) is 16.2 Å². The maximum absolute atomic E-state index is 12.9. The highest BCUT2D eigenvalue weighted by Crippen LogP contribution is 2.38. The highest BCUT2D eigenvalue weighted by molar-refractivity contribution is 6.02. The van der Waals surface area contributed by atoms with Crippen molar-refractivity contribution >= 4 is 29.8 Å². The lowest BCUT2D eigenvalue weighted by Gasteiger charge is -2.29. The molecule has 0 aliphatic carbocycles. The second-order valence-electron chi connectivity index (χ2n) is 6.91. The van der Waals surface area contributed by atoms with Gasteiger partial charge in [-0.05, 0) is 62.5 Å². The third-order valence-corrected chi connectivity index (χ3v) is 5.30. The Morgan fingerprint density at radius 3 is 2.35 bits per heavy atom. The molecule has 138 valence electrons. The molecule has 4 rings (SSSR count). The van der Waals surface area contributed by atoms with Gasteiger partial charge >= 0.3 is 6.03 Å². The van der Waals surface area contributed by atoms with Crippen molar-refractivity contribution in [3.8, 4) is 0 Å². The third kappa shape index (κ3) is 3.87. The van der Waals surface area contributed by atoms with Crippen LogP contribution in [-0.2, 0) is 0 Å². The largest absolute Gasteiger partial charge is 0.326 e. The lowest BCUT2D eigenvalue weighted by Crippen LogP contribution is -2.35. The quantitative estimate of drug-likeness (QED) is 0.799. The number of carbonyl (C=O) groups excluding carboxylic acids is 1. The van der Waals surface area contributed by atoms with E-state index in [1.54, 1.807) is 0 Å². The molecule has 2 aromatic rings. The lowest BCUT2D eigenvalue weighted by molar-refractivity contribution is 0.234. The fourth-order valence-corrected chi connectivity index (χ4v) is 4.09. The van der Waals surface area contributed by atoms with Gasteiger partial charge in [-0.15, -0.1) is 12.4 Å². The number of likely N-dealkylation sites (tertiary alicyclic amines) is 1. The molecule has 1 fully saturated rings. The molecule has 1 N–H and O–H groups in total. The number of benzene rings is 2. The molecular formula is C21H26ClN3O. The highest BCUT2D eigenvalue weighted by atomic mass is 35.5. The summed E-state index contributed by atoms with van der Waals surface area (Å²) in [6.07, 6.45) is 4.72. The summed E-state index contributed by atoms with van der Waals surface area (Å²) >= 11 is 0. The summed E-state index contributed by atoms with van der Waals surface area (Å²) in [5, 5.41) is 3.04. The minimum Gasteiger partial charge on any atom is -0.308 e. The van der Waals surface area contributed by atoms with Crippen LogP contribution in [0.5, 0.6) is 0 Å². The van der Waals surface area contributed by atoms with Crippen molar-refractivity contribution in [2.45, 2.75) is 31.7 Å². The van der Waals surface area contributed by atoms with Gasteiger partial charge in [0.25, 0.3) is 0 Å². The Labute approximate surface area is 161 Å². The number of fused-ring (bicyclic) bond motifs is 1. The number of hydrogen-bond donors (Lipinski definition) is 1. The number of anilines is 2. The summed E-state index contributed by atoms with van der Waals surface area (Å²) in [5.74, 6) is 0. The standard InChI is InChI=1S/C21H25N3O.ClH/c25-21(22-17-9-2-1-3-10-17)24-16-8-13-19(23-14-6-7-15-23)18-11-4-5-12-20(18)24;/h1-5,9-12,19H,6-8,13-16H2,(H,22,25);1H. The molecule has 1 unspecified atom stereocenters. The summed E-state index contributed by atoms with van der Waals surface area (Å²) in [5.41, 5.74) is 3.20. The average molecular weight is 372 g/mol. The summed E-state index contributed by atoms with van der Waals surface area (Å²) in [4.78, 5) is 17.4. The van der Waals surface area contributed by atoms with Gasteiger partial charge in [-0.25, -0.2) is 4.79 Å². The molecule has 26 heavy (non-hydrogen) atoms. The van der Waals surface area contributed by atoms with Gasteiger partial charge in [0.15, 0.2) is 0 Å². The Hall–Kier alpha value is -2.04. The van der Waals surface area contributed by atoms with Crippen LogP contribution >= 0.6 is 12.4 Å². The normalized spacial score (nSPS) is 20.0. The van der Waals surface area contributed by atoms with E-state index in [2.05, 4.69) is 28.4 Å². The predicted molar refractivity (Wildman–Crippen MR) is 109 cm³/mol. The SMILES string of the molecule is Cl.O=C(Nc1ccccc1)N1CCCC(N2CCCC2)c2ccccc21. The Morgan fingerprint density at radius 1 is 0.885 bits per heavy atom. The number of nitrogens with zero attached hydrogens (tertiary/aromatic N) is 2. The van der Waals surface area contributed by atoms with Gasteiger partial charge in [-0.1, -0.05) is 36.4 Å². The summed E-state index contributed by atoms with van der Waals surface area (Å²) in [6.45, 7) is 3.12. The fourth-order valence-electron chi connectivity index (χ4n) is 4.09. The molecule has 5 heteroatoms. The van der Waals surface area contributed by atoms with Crippen LogP contribution in [0.2, 0.25) is 0 Å². The van der Waals surface area contributed by atoms with Gasteiger partial charge in [-0.3, -0.25) is 9.80 Å². The lowest BCUT2D eigenvalue weighted by atomic mass is 10.0. The number of rotatable bonds is 2. The van der Waals surface area contributed by atoms with Crippen molar-refractivity contribution in [3.05, 3.63) is 60.2 Å². The number of halogens is 1. The first-order valence-electron chi connectivity index (χ1n) is 9.29. The van der Waals surface area contributed by atoms with E-state index in [1.807, 2.05) is 41.3 Å². The van der Waals surface area contributed by atoms with E-state index in [-0.39, 0.29) is 18.4 Å². The Bertz CT molecular complexity index is 731. The molecule has 2 aliphatic rings. The van der Waals surface area contributed by atoms with E-state index in [0.717, 1.165) is 30.8 Å². The monoisotopic (exact) mass is 371 g/mol. The number of nitrogens with one attached hydrogen (secondary N) is 1. The zero-order valence-corrected chi connectivity index (χ0v) is 15.8. The first kappa shape index (κ1) is 18.7. The second-order valence-corrected chi connectivity index (χ2v) is 6.91. The van der Waals surface area contributed by atoms with Crippen molar-refractivity contribution < 1.29 is 4.79 Å². The minimum atomic E-state index is -0.0410. The van der Waals surface area contributed by atoms with E-state index < -0.39 is 0 Å². The van der Waals surface area contributed by atoms with Crippen LogP contribution in [0.25, 0.3) is 0 Å². The molecule has 0 saturated carbocycles. The van der Waals surface area contributed by atoms with Crippen LogP contribution < -0.4 is 10.2 Å². The number of amides is 2. The molecule has 0 spiro atoms. The van der Waals surface area contributed by atoms with Crippen LogP contribution in [0.3, 0.4) is 0 Å². The average Bonchev–Trinajstić information content (AvgIpc) is 3.10. The van der Waals surface area contributed by atoms with Gasteiger partial charge < -0.3 is 5.32 Å². The Kier molecular flexibility index (Phi) is 6.17. The number of para-hydroxylation sites is 2. The zero-order chi connectivity index (χ0) is 17.1. The van der Waals surface area contributed by atoms with Crippen molar-refractivity contribution in [2.24, 2.45) is 0 Å². The second kappa shape index (κ2) is 8.56. The highest BCUT2D eigenvalue weighted by Gasteiger charge is 2.30. The maximum atomic E-state index is 12.9. The van der Waals surface area contributed by atoms with Crippen LogP contribution in [0.1, 0.15) is 37.3 Å². The third-order valence-electron chi connectivity index (χ3n) is 5.30. The number of urea groups is 1. The van der Waals surface area contributed by atoms with Crippen LogP contribution in [0, 0.1) is 0 Å². The van der Waals surface area contributed by atoms with E-state index in [4.69, 9.17) is 0 Å². The first-order valence-corrected chi connectivity index (χ1v) is 9.29. The molecule has 1 atom stereocenters. The number of hydrogen-bond acceptors (Lipinski definition) is 2. The molecule has 0 aromatic heterocycles. The van der Waals surface area contributed by atoms with Crippen LogP contribution in [0.15, 0.2) is 54.6 Å². The van der Waals surface area contributed by atoms with Gasteiger partial charge in [0.05, 0.1) is 5.69 Å². The summed E-state index contributed by atoms with van der Waals surface area (Å²) in [7, 11) is 0. The van der Waals surface area contributed by atoms with E-state index >= 15 is 0 Å². The molecule has 2 aromatic carbocycles. The minimum absolute atomic E-state index is 0. The van der Waals surface area contributed by atoms with Crippen LogP contribution in [-0.4, -0.2) is 30.6 Å². The first-order chi connectivity index (χ1) is 12.3. The topological polar surface area (TPSA) is 35.6 Å². The summed E-state index contributed by atoms with van der Waals surface area (Å²) in [6, 6.07) is 18.5. The van der Waals surface area contributed by atoms with Crippen molar-refractivity contribution in [1.29, 1.82) is 0 Å². The molecule has 0 bridgehead atoms. The summed E-state index contributed by atoms with van der Waals surface area (Å²) < 4.78 is 0. The maximum Gasteiger partial charge on any atom is 0.326 e. The predicted octanol–water partition coefficient (Wildman–Crippen LogP) is 5.08. The molecule has 2 aliphatic heterocycles. The smallest absolute Gasteiger partial charge is 0.308 e. The van der Waals surface area contributed by atoms with E-state index in [0.29, 0.717) is 6.04 Å². The molecule has 2 heterocycles. The van der Waals surface area contributed by atoms with E-state index in [9.17, 15) is 4.79 Å². The molecular weight excluding hydrogens is 346 g/mol. The van der Waals surface area contributed by atoms with Crippen molar-refractivity contribution in [2.75, 3.05) is 29.9 Å². The number of carbonyl (C=O) groups is 1. The van der Waals surface area contributed by atoms with Gasteiger partial charge in [-0.2, -0.15) is 0 Å². The van der Waals surface area contributed by atoms with Crippen molar-refractivity contribution in [3.63, 3.8) is 0 Å². The zero-order valence-electron chi connectivity index (χ0n) is 14.9. The molecule has 2 amide bonds. The molecule has 1 saturated heterocycles. The van der Waals surface area contributed by atoms with E-state index in [1.165, 1.54) is 31.5 Å². The fraction of sp³-hybridized carbons (Fsp3) is 0.381. The van der Waals surface area contributed by atoms with Crippen molar-refractivity contribution in [1.82, 2.24) is 4.90 Å². The van der Waals surface area contributed by atoms with Gasteiger partial charge in [0, 0.05) is 18.3 Å². The Morgan fingerprint density at radius 2 is 1.58 bits per heavy atom. The molecule has 0 radical (unpaired) electrons.